The summed E-state index contributed by atoms with van der Waals surface area (Å²) in [6.07, 6.45) is 1.47. The first kappa shape index (κ1) is 16.1. The molecule has 2 aromatic heterocycles. The van der Waals surface area contributed by atoms with Crippen molar-refractivity contribution in [1.29, 1.82) is 0 Å². The fourth-order valence-corrected chi connectivity index (χ4v) is 2.28. The summed E-state index contributed by atoms with van der Waals surface area (Å²) in [5.41, 5.74) is -0.650. The molecule has 0 radical (unpaired) electrons. The number of hydrogen-bond donors (Lipinski definition) is 4. The molecule has 0 bridgehead atoms. The first-order valence-electron chi connectivity index (χ1n) is 7.29. The Morgan fingerprint density at radius 3 is 2.56 bits per heavy atom. The summed E-state index contributed by atoms with van der Waals surface area (Å²) >= 11 is 0. The van der Waals surface area contributed by atoms with Crippen LogP contribution in [0.1, 0.15) is 10.5 Å². The van der Waals surface area contributed by atoms with Crippen LogP contribution in [-0.2, 0) is 4.79 Å². The van der Waals surface area contributed by atoms with Crippen LogP contribution in [0.2, 0.25) is 0 Å². The molecule has 1 aromatic carbocycles. The van der Waals surface area contributed by atoms with E-state index in [1.165, 1.54) is 24.4 Å². The van der Waals surface area contributed by atoms with Crippen molar-refractivity contribution >= 4 is 28.3 Å². The predicted molar refractivity (Wildman–Crippen MR) is 90.4 cm³/mol. The molecule has 0 saturated carbocycles. The van der Waals surface area contributed by atoms with E-state index in [0.717, 1.165) is 0 Å². The molecular weight excluding hydrogens is 326 g/mol. The predicted octanol–water partition coefficient (Wildman–Crippen LogP) is -0.0201. The lowest BCUT2D eigenvalue weighted by Crippen LogP contribution is -2.33. The molecule has 0 aliphatic heterocycles. The Balaban J connectivity index is 1.75. The van der Waals surface area contributed by atoms with E-state index >= 15 is 0 Å². The van der Waals surface area contributed by atoms with Gasteiger partial charge in [0.15, 0.2) is 0 Å². The van der Waals surface area contributed by atoms with Gasteiger partial charge in [-0.2, -0.15) is 0 Å². The highest BCUT2D eigenvalue weighted by atomic mass is 16.2. The third kappa shape index (κ3) is 3.44. The quantitative estimate of drug-likeness (QED) is 0.529. The zero-order chi connectivity index (χ0) is 17.8. The maximum atomic E-state index is 12.0. The third-order valence-electron chi connectivity index (χ3n) is 3.41. The minimum atomic E-state index is -0.545. The number of aromatic amines is 2. The SMILES string of the molecule is O=C(CNC(=O)c1ccccn1)Nc1cccc2c(=O)[nH][nH]c(=O)c12. The van der Waals surface area contributed by atoms with Gasteiger partial charge in [0.2, 0.25) is 5.91 Å². The highest BCUT2D eigenvalue weighted by molar-refractivity contribution is 6.03. The Morgan fingerprint density at radius 2 is 1.80 bits per heavy atom. The average Bonchev–Trinajstić information content (AvgIpc) is 2.63. The van der Waals surface area contributed by atoms with E-state index in [-0.39, 0.29) is 28.7 Å². The number of H-pyrrole nitrogens is 2. The van der Waals surface area contributed by atoms with Crippen molar-refractivity contribution in [3.8, 4) is 0 Å². The van der Waals surface area contributed by atoms with Crippen molar-refractivity contribution in [1.82, 2.24) is 20.5 Å². The molecule has 0 aliphatic rings. The van der Waals surface area contributed by atoms with Crippen LogP contribution in [-0.4, -0.2) is 33.5 Å². The van der Waals surface area contributed by atoms with Gasteiger partial charge in [-0.1, -0.05) is 12.1 Å². The molecule has 9 nitrogen and oxygen atoms in total. The molecule has 0 saturated heterocycles. The van der Waals surface area contributed by atoms with Gasteiger partial charge in [0.1, 0.15) is 5.69 Å². The first-order valence-corrected chi connectivity index (χ1v) is 7.29. The number of fused-ring (bicyclic) bond motifs is 1. The van der Waals surface area contributed by atoms with Crippen molar-refractivity contribution in [2.45, 2.75) is 0 Å². The molecule has 126 valence electrons. The zero-order valence-corrected chi connectivity index (χ0v) is 12.8. The number of aromatic nitrogens is 3. The minimum Gasteiger partial charge on any atom is -0.342 e. The zero-order valence-electron chi connectivity index (χ0n) is 12.8. The molecule has 2 amide bonds. The highest BCUT2D eigenvalue weighted by Gasteiger charge is 2.12. The van der Waals surface area contributed by atoms with E-state index in [1.807, 2.05) is 0 Å². The summed E-state index contributed by atoms with van der Waals surface area (Å²) in [6, 6.07) is 9.35. The number of rotatable bonds is 4. The van der Waals surface area contributed by atoms with Gasteiger partial charge in [-0.05, 0) is 24.3 Å². The Bertz CT molecular complexity index is 1060. The normalized spacial score (nSPS) is 10.4. The van der Waals surface area contributed by atoms with Gasteiger partial charge in [-0.3, -0.25) is 34.4 Å². The largest absolute Gasteiger partial charge is 0.342 e. The first-order chi connectivity index (χ1) is 12.1. The van der Waals surface area contributed by atoms with Gasteiger partial charge >= 0.3 is 0 Å². The number of nitrogens with zero attached hydrogens (tertiary/aromatic N) is 1. The van der Waals surface area contributed by atoms with Gasteiger partial charge in [0.25, 0.3) is 17.0 Å². The van der Waals surface area contributed by atoms with Crippen LogP contribution in [0.25, 0.3) is 10.8 Å². The molecule has 3 aromatic rings. The number of anilines is 1. The second kappa shape index (κ2) is 6.79. The number of nitrogens with one attached hydrogen (secondary N) is 4. The number of amides is 2. The van der Waals surface area contributed by atoms with Crippen LogP contribution in [0.3, 0.4) is 0 Å². The van der Waals surface area contributed by atoms with E-state index in [9.17, 15) is 19.2 Å². The molecule has 0 aliphatic carbocycles. The Labute approximate surface area is 140 Å². The van der Waals surface area contributed by atoms with Gasteiger partial charge < -0.3 is 10.6 Å². The maximum absolute atomic E-state index is 12.0. The van der Waals surface area contributed by atoms with E-state index < -0.39 is 22.9 Å². The van der Waals surface area contributed by atoms with E-state index in [2.05, 4.69) is 25.8 Å². The molecule has 0 fully saturated rings. The summed E-state index contributed by atoms with van der Waals surface area (Å²) < 4.78 is 0. The van der Waals surface area contributed by atoms with Crippen LogP contribution in [0.5, 0.6) is 0 Å². The van der Waals surface area contributed by atoms with Gasteiger partial charge in [0.05, 0.1) is 23.0 Å². The van der Waals surface area contributed by atoms with Crippen molar-refractivity contribution < 1.29 is 9.59 Å². The summed E-state index contributed by atoms with van der Waals surface area (Å²) in [4.78, 5) is 51.4. The van der Waals surface area contributed by atoms with Crippen LogP contribution in [0.4, 0.5) is 5.69 Å². The summed E-state index contributed by atoms with van der Waals surface area (Å²) in [5, 5.41) is 9.57. The topological polar surface area (TPSA) is 137 Å². The molecule has 3 rings (SSSR count). The van der Waals surface area contributed by atoms with E-state index in [1.54, 1.807) is 18.2 Å². The number of pyridine rings is 1. The molecule has 0 spiro atoms. The van der Waals surface area contributed by atoms with Crippen LogP contribution < -0.4 is 21.8 Å². The second-order valence-electron chi connectivity index (χ2n) is 5.08. The summed E-state index contributed by atoms with van der Waals surface area (Å²) in [6.45, 7) is -0.313. The molecule has 0 atom stereocenters. The second-order valence-corrected chi connectivity index (χ2v) is 5.08. The standard InChI is InChI=1S/C16H13N5O4/c22-12(8-18-15(24)11-5-1-2-7-17-11)19-10-6-3-4-9-13(10)16(25)21-20-14(9)23/h1-7H,8H2,(H,18,24)(H,19,22)(H,20,23)(H,21,25). The van der Waals surface area contributed by atoms with Crippen molar-refractivity contribution in [3.63, 3.8) is 0 Å². The number of carbonyl (C=O) groups excluding carboxylic acids is 2. The lowest BCUT2D eigenvalue weighted by atomic mass is 10.1. The van der Waals surface area contributed by atoms with E-state index in [0.29, 0.717) is 0 Å². The Morgan fingerprint density at radius 1 is 1.00 bits per heavy atom. The molecule has 0 unspecified atom stereocenters. The van der Waals surface area contributed by atoms with Crippen molar-refractivity contribution in [2.75, 3.05) is 11.9 Å². The van der Waals surface area contributed by atoms with Crippen LogP contribution >= 0.6 is 0 Å². The monoisotopic (exact) mass is 339 g/mol. The smallest absolute Gasteiger partial charge is 0.272 e. The maximum Gasteiger partial charge on any atom is 0.272 e. The molecule has 25 heavy (non-hydrogen) atoms. The molecule has 2 heterocycles. The minimum absolute atomic E-state index is 0.0654. The lowest BCUT2D eigenvalue weighted by Gasteiger charge is -2.08. The Kier molecular flexibility index (Phi) is 4.38. The average molecular weight is 339 g/mol. The summed E-state index contributed by atoms with van der Waals surface area (Å²) in [5.74, 6) is -1.04. The number of carbonyl (C=O) groups is 2. The molecular formula is C16H13N5O4. The van der Waals surface area contributed by atoms with Gasteiger partial charge in [0, 0.05) is 6.20 Å². The van der Waals surface area contributed by atoms with Crippen LogP contribution in [0, 0.1) is 0 Å². The summed E-state index contributed by atoms with van der Waals surface area (Å²) in [7, 11) is 0. The number of hydrogen-bond acceptors (Lipinski definition) is 5. The highest BCUT2D eigenvalue weighted by Crippen LogP contribution is 2.16. The Hall–Kier alpha value is -3.75. The van der Waals surface area contributed by atoms with E-state index in [4.69, 9.17) is 0 Å². The third-order valence-corrected chi connectivity index (χ3v) is 3.41. The lowest BCUT2D eigenvalue weighted by molar-refractivity contribution is -0.115. The number of benzene rings is 1. The fraction of sp³-hybridized carbons (Fsp3) is 0.0625. The van der Waals surface area contributed by atoms with Crippen molar-refractivity contribution in [3.05, 3.63) is 69.0 Å². The molecule has 9 heteroatoms. The van der Waals surface area contributed by atoms with Crippen molar-refractivity contribution in [2.24, 2.45) is 0 Å². The van der Waals surface area contributed by atoms with Crippen LogP contribution in [0.15, 0.2) is 52.2 Å². The molecule has 4 N–H and O–H groups in total. The van der Waals surface area contributed by atoms with Gasteiger partial charge in [-0.15, -0.1) is 0 Å². The van der Waals surface area contributed by atoms with Gasteiger partial charge in [-0.25, -0.2) is 0 Å². The fourth-order valence-electron chi connectivity index (χ4n) is 2.28.